The predicted octanol–water partition coefficient (Wildman–Crippen LogP) is -0.911. The first kappa shape index (κ1) is 13.9. The summed E-state index contributed by atoms with van der Waals surface area (Å²) in [6.07, 6.45) is 1.09. The number of nitrogens with one attached hydrogen (secondary N) is 1. The molecule has 0 aromatic carbocycles. The standard InChI is InChI=1S/C11H21N3O3/c1-2-17-7-3-4-10(15)14-6-5-13-8-9(14)11(12)16/h9,13H,2-8H2,1H3,(H2,12,16). The van der Waals surface area contributed by atoms with Crippen LogP contribution in [0.2, 0.25) is 0 Å². The van der Waals surface area contributed by atoms with E-state index in [0.29, 0.717) is 45.7 Å². The molecule has 98 valence electrons. The molecule has 1 aliphatic rings. The Morgan fingerprint density at radius 1 is 1.53 bits per heavy atom. The molecule has 0 saturated carbocycles. The molecule has 1 unspecified atom stereocenters. The van der Waals surface area contributed by atoms with Gasteiger partial charge >= 0.3 is 0 Å². The molecule has 6 heteroatoms. The first-order chi connectivity index (χ1) is 8.16. The SMILES string of the molecule is CCOCCCC(=O)N1CCNCC1C(N)=O. The quantitative estimate of drug-likeness (QED) is 0.591. The molecular weight excluding hydrogens is 222 g/mol. The van der Waals surface area contributed by atoms with Crippen molar-refractivity contribution in [1.82, 2.24) is 10.2 Å². The Morgan fingerprint density at radius 2 is 2.29 bits per heavy atom. The number of carbonyl (C=O) groups excluding carboxylic acids is 2. The van der Waals surface area contributed by atoms with Crippen molar-refractivity contribution >= 4 is 11.8 Å². The maximum absolute atomic E-state index is 11.9. The lowest BCUT2D eigenvalue weighted by Crippen LogP contribution is -2.58. The average Bonchev–Trinajstić information content (AvgIpc) is 2.34. The van der Waals surface area contributed by atoms with Gasteiger partial charge in [0.2, 0.25) is 11.8 Å². The number of rotatable bonds is 6. The molecule has 0 aromatic rings. The third kappa shape index (κ3) is 4.32. The summed E-state index contributed by atoms with van der Waals surface area (Å²) in [5.41, 5.74) is 5.27. The molecule has 0 bridgehead atoms. The molecule has 1 rings (SSSR count). The molecule has 1 atom stereocenters. The molecule has 1 fully saturated rings. The van der Waals surface area contributed by atoms with Crippen LogP contribution in [-0.4, -0.2) is 55.6 Å². The second-order valence-corrected chi connectivity index (χ2v) is 4.01. The van der Waals surface area contributed by atoms with Crippen LogP contribution in [0.4, 0.5) is 0 Å². The van der Waals surface area contributed by atoms with Gasteiger partial charge in [-0.2, -0.15) is 0 Å². The molecule has 2 amide bonds. The zero-order valence-corrected chi connectivity index (χ0v) is 10.3. The summed E-state index contributed by atoms with van der Waals surface area (Å²) < 4.78 is 5.17. The highest BCUT2D eigenvalue weighted by atomic mass is 16.5. The summed E-state index contributed by atoms with van der Waals surface area (Å²) in [5.74, 6) is -0.467. The summed E-state index contributed by atoms with van der Waals surface area (Å²) in [6.45, 7) is 4.86. The Morgan fingerprint density at radius 3 is 2.94 bits per heavy atom. The lowest BCUT2D eigenvalue weighted by Gasteiger charge is -2.34. The number of amides is 2. The Labute approximate surface area is 101 Å². The van der Waals surface area contributed by atoms with E-state index in [4.69, 9.17) is 10.5 Å². The van der Waals surface area contributed by atoms with Crippen LogP contribution in [0.1, 0.15) is 19.8 Å². The van der Waals surface area contributed by atoms with Gasteiger partial charge in [-0.1, -0.05) is 0 Å². The number of carbonyl (C=O) groups is 2. The molecule has 0 radical (unpaired) electrons. The minimum absolute atomic E-state index is 0.0185. The van der Waals surface area contributed by atoms with Gasteiger partial charge in [0.1, 0.15) is 6.04 Å². The van der Waals surface area contributed by atoms with Gasteiger partial charge < -0.3 is 20.7 Å². The van der Waals surface area contributed by atoms with Crippen LogP contribution in [0, 0.1) is 0 Å². The van der Waals surface area contributed by atoms with Crippen LogP contribution < -0.4 is 11.1 Å². The lowest BCUT2D eigenvalue weighted by atomic mass is 10.1. The highest BCUT2D eigenvalue weighted by molar-refractivity contribution is 5.87. The van der Waals surface area contributed by atoms with Gasteiger partial charge in [-0.3, -0.25) is 9.59 Å². The summed E-state index contributed by atoms with van der Waals surface area (Å²) in [5, 5.41) is 3.06. The van der Waals surface area contributed by atoms with E-state index in [9.17, 15) is 9.59 Å². The van der Waals surface area contributed by atoms with Gasteiger partial charge in [-0.25, -0.2) is 0 Å². The number of hydrogen-bond donors (Lipinski definition) is 2. The molecule has 1 saturated heterocycles. The van der Waals surface area contributed by atoms with Crippen molar-refractivity contribution in [2.24, 2.45) is 5.73 Å². The van der Waals surface area contributed by atoms with Crippen LogP contribution in [0.15, 0.2) is 0 Å². The van der Waals surface area contributed by atoms with E-state index in [1.807, 2.05) is 6.92 Å². The van der Waals surface area contributed by atoms with Gasteiger partial charge in [0.25, 0.3) is 0 Å². The molecule has 0 aromatic heterocycles. The Bertz CT molecular complexity index is 271. The molecule has 1 heterocycles. The number of hydrogen-bond acceptors (Lipinski definition) is 4. The van der Waals surface area contributed by atoms with Crippen LogP contribution in [0.25, 0.3) is 0 Å². The van der Waals surface area contributed by atoms with Gasteiger partial charge in [0.05, 0.1) is 0 Å². The fourth-order valence-corrected chi connectivity index (χ4v) is 1.87. The monoisotopic (exact) mass is 243 g/mol. The predicted molar refractivity (Wildman–Crippen MR) is 63.3 cm³/mol. The van der Waals surface area contributed by atoms with E-state index in [0.717, 1.165) is 0 Å². The van der Waals surface area contributed by atoms with Crippen LogP contribution in [0.5, 0.6) is 0 Å². The molecule has 6 nitrogen and oxygen atoms in total. The highest BCUT2D eigenvalue weighted by Crippen LogP contribution is 2.07. The van der Waals surface area contributed by atoms with Crippen LogP contribution in [0.3, 0.4) is 0 Å². The number of ether oxygens (including phenoxy) is 1. The van der Waals surface area contributed by atoms with E-state index >= 15 is 0 Å². The van der Waals surface area contributed by atoms with Gasteiger partial charge in [0, 0.05) is 39.3 Å². The van der Waals surface area contributed by atoms with Crippen molar-refractivity contribution < 1.29 is 14.3 Å². The molecule has 0 spiro atoms. The smallest absolute Gasteiger partial charge is 0.241 e. The van der Waals surface area contributed by atoms with E-state index < -0.39 is 11.9 Å². The van der Waals surface area contributed by atoms with E-state index in [2.05, 4.69) is 5.32 Å². The minimum Gasteiger partial charge on any atom is -0.382 e. The van der Waals surface area contributed by atoms with Crippen LogP contribution in [-0.2, 0) is 14.3 Å². The molecule has 17 heavy (non-hydrogen) atoms. The maximum Gasteiger partial charge on any atom is 0.241 e. The van der Waals surface area contributed by atoms with E-state index in [-0.39, 0.29) is 5.91 Å². The summed E-state index contributed by atoms with van der Waals surface area (Å²) >= 11 is 0. The number of nitrogens with two attached hydrogens (primary N) is 1. The zero-order chi connectivity index (χ0) is 12.7. The molecule has 3 N–H and O–H groups in total. The Hall–Kier alpha value is -1.14. The van der Waals surface area contributed by atoms with Crippen molar-refractivity contribution in [3.63, 3.8) is 0 Å². The second kappa shape index (κ2) is 7.24. The highest BCUT2D eigenvalue weighted by Gasteiger charge is 2.29. The van der Waals surface area contributed by atoms with Gasteiger partial charge in [0.15, 0.2) is 0 Å². The lowest BCUT2D eigenvalue weighted by molar-refractivity contribution is -0.140. The molecule has 1 aliphatic heterocycles. The molecule has 0 aliphatic carbocycles. The first-order valence-corrected chi connectivity index (χ1v) is 6.04. The van der Waals surface area contributed by atoms with E-state index in [1.165, 1.54) is 0 Å². The Kier molecular flexibility index (Phi) is 5.93. The molecular formula is C11H21N3O3. The normalized spacial score (nSPS) is 20.3. The summed E-state index contributed by atoms with van der Waals surface area (Å²) in [6, 6.07) is -0.511. The first-order valence-electron chi connectivity index (χ1n) is 6.04. The third-order valence-corrected chi connectivity index (χ3v) is 2.78. The maximum atomic E-state index is 11.9. The number of nitrogens with zero attached hydrogens (tertiary/aromatic N) is 1. The minimum atomic E-state index is -0.511. The average molecular weight is 243 g/mol. The van der Waals surface area contributed by atoms with Crippen molar-refractivity contribution in [3.05, 3.63) is 0 Å². The topological polar surface area (TPSA) is 84.7 Å². The number of primary amides is 1. The Balaban J connectivity index is 2.39. The van der Waals surface area contributed by atoms with Gasteiger partial charge in [-0.15, -0.1) is 0 Å². The van der Waals surface area contributed by atoms with E-state index in [1.54, 1.807) is 4.90 Å². The third-order valence-electron chi connectivity index (χ3n) is 2.78. The fourth-order valence-electron chi connectivity index (χ4n) is 1.87. The van der Waals surface area contributed by atoms with Crippen molar-refractivity contribution in [3.8, 4) is 0 Å². The van der Waals surface area contributed by atoms with Crippen LogP contribution >= 0.6 is 0 Å². The van der Waals surface area contributed by atoms with Crippen molar-refractivity contribution in [2.45, 2.75) is 25.8 Å². The van der Waals surface area contributed by atoms with Gasteiger partial charge in [-0.05, 0) is 13.3 Å². The zero-order valence-electron chi connectivity index (χ0n) is 10.3. The van der Waals surface area contributed by atoms with Crippen molar-refractivity contribution in [1.29, 1.82) is 0 Å². The van der Waals surface area contributed by atoms with Crippen molar-refractivity contribution in [2.75, 3.05) is 32.8 Å². The fraction of sp³-hybridized carbons (Fsp3) is 0.818. The summed E-state index contributed by atoms with van der Waals surface area (Å²) in [4.78, 5) is 24.7. The summed E-state index contributed by atoms with van der Waals surface area (Å²) in [7, 11) is 0. The number of piperazine rings is 1. The largest absolute Gasteiger partial charge is 0.382 e. The second-order valence-electron chi connectivity index (χ2n) is 4.01.